The lowest BCUT2D eigenvalue weighted by Gasteiger charge is -2.18. The number of thiol groups is 1. The van der Waals surface area contributed by atoms with Gasteiger partial charge >= 0.3 is 6.18 Å². The van der Waals surface area contributed by atoms with Crippen molar-refractivity contribution < 1.29 is 18.0 Å². The fourth-order valence-electron chi connectivity index (χ4n) is 3.45. The summed E-state index contributed by atoms with van der Waals surface area (Å²) in [4.78, 5) is 12.2. The van der Waals surface area contributed by atoms with Crippen molar-refractivity contribution in [3.63, 3.8) is 0 Å². The fourth-order valence-corrected chi connectivity index (χ4v) is 4.76. The Morgan fingerprint density at radius 1 is 1.15 bits per heavy atom. The highest BCUT2D eigenvalue weighted by Crippen LogP contribution is 2.31. The number of amides is 1. The van der Waals surface area contributed by atoms with E-state index >= 15 is 0 Å². The average molecular weight is 513 g/mol. The molecule has 2 heterocycles. The molecule has 0 radical (unpaired) electrons. The number of carbonyl (C=O) groups is 1. The maximum Gasteiger partial charge on any atom is 0.416 e. The van der Waals surface area contributed by atoms with Crippen molar-refractivity contribution in [2.24, 2.45) is 0 Å². The van der Waals surface area contributed by atoms with Crippen molar-refractivity contribution in [3.8, 4) is 11.1 Å². The van der Waals surface area contributed by atoms with Crippen LogP contribution in [0.1, 0.15) is 36.9 Å². The smallest absolute Gasteiger partial charge is 0.348 e. The molecule has 1 aromatic heterocycles. The maximum absolute atomic E-state index is 12.7. The Bertz CT molecular complexity index is 1050. The Balaban J connectivity index is 0.000000374. The van der Waals surface area contributed by atoms with E-state index in [-0.39, 0.29) is 18.0 Å². The van der Waals surface area contributed by atoms with Crippen molar-refractivity contribution in [2.45, 2.75) is 42.2 Å². The van der Waals surface area contributed by atoms with Crippen LogP contribution in [0.2, 0.25) is 4.34 Å². The molecule has 4 rings (SSSR count). The van der Waals surface area contributed by atoms with Gasteiger partial charge in [0.15, 0.2) is 0 Å². The van der Waals surface area contributed by atoms with Crippen LogP contribution in [0.15, 0.2) is 64.9 Å². The van der Waals surface area contributed by atoms with E-state index in [1.165, 1.54) is 23.5 Å². The summed E-state index contributed by atoms with van der Waals surface area (Å²) < 4.78 is 39.8. The van der Waals surface area contributed by atoms with Crippen LogP contribution in [-0.4, -0.2) is 18.5 Å². The molecule has 3 aromatic rings. The summed E-state index contributed by atoms with van der Waals surface area (Å²) in [7, 11) is 0. The summed E-state index contributed by atoms with van der Waals surface area (Å²) in [6.45, 7) is 2.76. The molecular weight excluding hydrogens is 489 g/mol. The topological polar surface area (TPSA) is 41.1 Å². The molecule has 0 bridgehead atoms. The van der Waals surface area contributed by atoms with E-state index in [0.717, 1.165) is 51.2 Å². The molecule has 1 saturated heterocycles. The van der Waals surface area contributed by atoms with Gasteiger partial charge in [-0.1, -0.05) is 41.9 Å². The van der Waals surface area contributed by atoms with Gasteiger partial charge < -0.3 is 10.6 Å². The SMILES string of the molecule is C[C@@H](NC(=O)[C@@H]1CCCN1)c1cccc(-c2ccc(C(F)(F)F)cc2)c1.Sc1ccc(Cl)s1. The highest BCUT2D eigenvalue weighted by molar-refractivity contribution is 7.83. The van der Waals surface area contributed by atoms with Crippen molar-refractivity contribution in [2.75, 3.05) is 6.54 Å². The van der Waals surface area contributed by atoms with E-state index < -0.39 is 11.7 Å². The molecule has 9 heteroatoms. The van der Waals surface area contributed by atoms with Crippen LogP contribution in [0.25, 0.3) is 11.1 Å². The summed E-state index contributed by atoms with van der Waals surface area (Å²) >= 11 is 11.0. The number of hydrogen-bond acceptors (Lipinski definition) is 4. The average Bonchev–Trinajstić information content (AvgIpc) is 3.45. The molecular formula is C24H24ClF3N2OS2. The molecule has 1 amide bonds. The van der Waals surface area contributed by atoms with Gasteiger partial charge in [0, 0.05) is 0 Å². The standard InChI is InChI=1S/C20H21F3N2O.C4H3ClS2/c1-13(25-19(26)18-6-3-11-24-18)15-4-2-5-16(12-15)14-7-9-17(10-8-14)20(21,22)23;5-3-1-2-4(6)7-3/h2,4-5,7-10,12-13,18,24H,3,6,11H2,1H3,(H,25,26);1-2,6H/t13-,18+;/m1./s1. The minimum absolute atomic E-state index is 0.0186. The van der Waals surface area contributed by atoms with Gasteiger partial charge in [-0.2, -0.15) is 13.2 Å². The summed E-state index contributed by atoms with van der Waals surface area (Å²) in [6, 6.07) is 16.0. The third kappa shape index (κ3) is 7.50. The quantitative estimate of drug-likeness (QED) is 0.330. The Hall–Kier alpha value is -2.00. The zero-order chi connectivity index (χ0) is 24.0. The van der Waals surface area contributed by atoms with E-state index in [1.54, 1.807) is 0 Å². The van der Waals surface area contributed by atoms with Gasteiger partial charge in [-0.3, -0.25) is 4.79 Å². The van der Waals surface area contributed by atoms with Crippen LogP contribution in [0.5, 0.6) is 0 Å². The number of nitrogens with one attached hydrogen (secondary N) is 2. The van der Waals surface area contributed by atoms with Gasteiger partial charge in [-0.05, 0) is 73.3 Å². The number of benzene rings is 2. The van der Waals surface area contributed by atoms with E-state index in [9.17, 15) is 18.0 Å². The lowest BCUT2D eigenvalue weighted by molar-refractivity contribution is -0.137. The van der Waals surface area contributed by atoms with E-state index in [0.29, 0.717) is 5.56 Å². The van der Waals surface area contributed by atoms with Gasteiger partial charge in [0.05, 0.1) is 26.2 Å². The maximum atomic E-state index is 12.7. The molecule has 33 heavy (non-hydrogen) atoms. The fraction of sp³-hybridized carbons (Fsp3) is 0.292. The number of hydrogen-bond donors (Lipinski definition) is 3. The first-order chi connectivity index (χ1) is 15.6. The first kappa shape index (κ1) is 25.6. The predicted molar refractivity (Wildman–Crippen MR) is 131 cm³/mol. The molecule has 176 valence electrons. The number of carbonyl (C=O) groups excluding carboxylic acids is 1. The second-order valence-corrected chi connectivity index (χ2v) is 10.2. The molecule has 0 aliphatic carbocycles. The van der Waals surface area contributed by atoms with E-state index in [2.05, 4.69) is 23.3 Å². The summed E-state index contributed by atoms with van der Waals surface area (Å²) in [6.07, 6.45) is -2.51. The Morgan fingerprint density at radius 2 is 1.88 bits per heavy atom. The lowest BCUT2D eigenvalue weighted by Crippen LogP contribution is -2.41. The molecule has 1 aliphatic heterocycles. The minimum Gasteiger partial charge on any atom is -0.348 e. The molecule has 2 N–H and O–H groups in total. The normalized spacial score (nSPS) is 16.6. The second kappa shape index (κ2) is 11.4. The van der Waals surface area contributed by atoms with Crippen LogP contribution in [0.3, 0.4) is 0 Å². The van der Waals surface area contributed by atoms with Crippen molar-refractivity contribution >= 4 is 41.5 Å². The Kier molecular flexibility index (Phi) is 8.87. The van der Waals surface area contributed by atoms with Crippen molar-refractivity contribution in [3.05, 3.63) is 76.1 Å². The van der Waals surface area contributed by atoms with Crippen LogP contribution in [0.4, 0.5) is 13.2 Å². The van der Waals surface area contributed by atoms with E-state index in [1.807, 2.05) is 43.3 Å². The first-order valence-corrected chi connectivity index (χ1v) is 12.0. The van der Waals surface area contributed by atoms with Gasteiger partial charge in [-0.15, -0.1) is 24.0 Å². The molecule has 2 atom stereocenters. The van der Waals surface area contributed by atoms with Crippen molar-refractivity contribution in [1.82, 2.24) is 10.6 Å². The lowest BCUT2D eigenvalue weighted by atomic mass is 9.99. The number of alkyl halides is 3. The Morgan fingerprint density at radius 3 is 2.39 bits per heavy atom. The second-order valence-electron chi connectivity index (χ2n) is 7.66. The van der Waals surface area contributed by atoms with Gasteiger partial charge in [0.25, 0.3) is 0 Å². The molecule has 0 saturated carbocycles. The first-order valence-electron chi connectivity index (χ1n) is 10.4. The number of halogens is 4. The third-order valence-electron chi connectivity index (χ3n) is 5.23. The summed E-state index contributed by atoms with van der Waals surface area (Å²) in [5.74, 6) is -0.0186. The zero-order valence-electron chi connectivity index (χ0n) is 17.8. The Labute approximate surface area is 205 Å². The van der Waals surface area contributed by atoms with Crippen LogP contribution in [-0.2, 0) is 11.0 Å². The molecule has 1 fully saturated rings. The van der Waals surface area contributed by atoms with Gasteiger partial charge in [0.2, 0.25) is 5.91 Å². The molecule has 1 aliphatic rings. The predicted octanol–water partition coefficient (Wildman–Crippen LogP) is 6.99. The number of rotatable bonds is 4. The molecule has 0 unspecified atom stereocenters. The van der Waals surface area contributed by atoms with Gasteiger partial charge in [0.1, 0.15) is 0 Å². The van der Waals surface area contributed by atoms with Crippen LogP contribution < -0.4 is 10.6 Å². The minimum atomic E-state index is -4.34. The van der Waals surface area contributed by atoms with Crippen molar-refractivity contribution in [1.29, 1.82) is 0 Å². The zero-order valence-corrected chi connectivity index (χ0v) is 20.3. The summed E-state index contributed by atoms with van der Waals surface area (Å²) in [5, 5.41) is 6.16. The van der Waals surface area contributed by atoms with Crippen LogP contribution in [0, 0.1) is 0 Å². The molecule has 0 spiro atoms. The summed E-state index contributed by atoms with van der Waals surface area (Å²) in [5.41, 5.74) is 1.77. The number of thiophene rings is 1. The highest BCUT2D eigenvalue weighted by Gasteiger charge is 2.30. The highest BCUT2D eigenvalue weighted by atomic mass is 35.5. The van der Waals surface area contributed by atoms with E-state index in [4.69, 9.17) is 11.6 Å². The third-order valence-corrected chi connectivity index (χ3v) is 6.68. The van der Waals surface area contributed by atoms with Crippen LogP contribution >= 0.6 is 35.6 Å². The molecule has 3 nitrogen and oxygen atoms in total. The monoisotopic (exact) mass is 512 g/mol. The molecule has 2 aromatic carbocycles. The van der Waals surface area contributed by atoms with Gasteiger partial charge in [-0.25, -0.2) is 0 Å². The largest absolute Gasteiger partial charge is 0.416 e.